The van der Waals surface area contributed by atoms with Crippen LogP contribution in [-0.4, -0.2) is 44.7 Å². The van der Waals surface area contributed by atoms with E-state index in [9.17, 15) is 13.2 Å². The molecule has 2 aromatic rings. The van der Waals surface area contributed by atoms with Crippen molar-refractivity contribution in [3.05, 3.63) is 65.7 Å². The Morgan fingerprint density at radius 1 is 1.08 bits per heavy atom. The summed E-state index contributed by atoms with van der Waals surface area (Å²) in [5, 5.41) is 3.11. The summed E-state index contributed by atoms with van der Waals surface area (Å²) in [6.07, 6.45) is 0.768. The van der Waals surface area contributed by atoms with Gasteiger partial charge in [0.1, 0.15) is 0 Å². The third-order valence-electron chi connectivity index (χ3n) is 4.34. The highest BCUT2D eigenvalue weighted by Crippen LogP contribution is 2.25. The van der Waals surface area contributed by atoms with Crippen molar-refractivity contribution >= 4 is 28.2 Å². The average Bonchev–Trinajstić information content (AvgIpc) is 3.12. The summed E-state index contributed by atoms with van der Waals surface area (Å²) in [4.78, 5) is 12.8. The molecule has 3 rings (SSSR count). The summed E-state index contributed by atoms with van der Waals surface area (Å²) in [6.45, 7) is 0.883. The molecule has 7 heteroatoms. The Labute approximate surface area is 154 Å². The summed E-state index contributed by atoms with van der Waals surface area (Å²) >= 11 is 0. The number of halogens is 1. The molecule has 1 fully saturated rings. The minimum atomic E-state index is -3.69. The van der Waals surface area contributed by atoms with Gasteiger partial charge in [-0.05, 0) is 25.6 Å². The van der Waals surface area contributed by atoms with Gasteiger partial charge in [-0.25, -0.2) is 8.42 Å². The van der Waals surface area contributed by atoms with Crippen molar-refractivity contribution in [3.8, 4) is 0 Å². The van der Waals surface area contributed by atoms with Gasteiger partial charge in [-0.1, -0.05) is 42.5 Å². The number of benzene rings is 2. The summed E-state index contributed by atoms with van der Waals surface area (Å²) in [6, 6.07) is 15.3. The molecule has 0 spiro atoms. The lowest BCUT2D eigenvalue weighted by atomic mass is 10.0. The highest BCUT2D eigenvalue weighted by Gasteiger charge is 2.34. The zero-order valence-corrected chi connectivity index (χ0v) is 15.5. The number of likely N-dealkylation sites (N-methyl/N-ethyl adjacent to an activating group) is 1. The fourth-order valence-electron chi connectivity index (χ4n) is 2.95. The first-order valence-electron chi connectivity index (χ1n) is 7.90. The number of sulfonamides is 1. The van der Waals surface area contributed by atoms with E-state index >= 15 is 0 Å². The molecule has 0 amide bonds. The van der Waals surface area contributed by atoms with E-state index in [0.717, 1.165) is 6.42 Å². The Kier molecular flexibility index (Phi) is 6.35. The Morgan fingerprint density at radius 2 is 1.72 bits per heavy atom. The Balaban J connectivity index is 0.00000225. The monoisotopic (exact) mass is 380 g/mol. The molecule has 1 aliphatic rings. The maximum atomic E-state index is 13.0. The molecule has 1 saturated heterocycles. The molecule has 25 heavy (non-hydrogen) atoms. The molecule has 1 atom stereocenters. The smallest absolute Gasteiger partial charge is 0.243 e. The van der Waals surface area contributed by atoms with Gasteiger partial charge < -0.3 is 5.32 Å². The van der Waals surface area contributed by atoms with Crippen LogP contribution in [0.4, 0.5) is 0 Å². The largest absolute Gasteiger partial charge is 0.316 e. The van der Waals surface area contributed by atoms with Gasteiger partial charge >= 0.3 is 0 Å². The van der Waals surface area contributed by atoms with Crippen LogP contribution in [0.5, 0.6) is 0 Å². The minimum Gasteiger partial charge on any atom is -0.316 e. The zero-order chi connectivity index (χ0) is 17.2. The second-order valence-electron chi connectivity index (χ2n) is 5.83. The second-order valence-corrected chi connectivity index (χ2v) is 7.73. The van der Waals surface area contributed by atoms with E-state index in [1.807, 2.05) is 13.1 Å². The normalized spacial score (nSPS) is 17.9. The third-order valence-corrected chi connectivity index (χ3v) is 6.27. The lowest BCUT2D eigenvalue weighted by Crippen LogP contribution is -2.34. The minimum absolute atomic E-state index is 0. The van der Waals surface area contributed by atoms with E-state index in [1.165, 1.54) is 10.4 Å². The number of carbonyl (C=O) groups excluding carboxylic acids is 1. The molecule has 1 aliphatic heterocycles. The summed E-state index contributed by atoms with van der Waals surface area (Å²) in [5.41, 5.74) is 0.700. The van der Waals surface area contributed by atoms with Gasteiger partial charge in [0.25, 0.3) is 0 Å². The summed E-state index contributed by atoms with van der Waals surface area (Å²) < 4.78 is 27.4. The molecule has 0 saturated carbocycles. The van der Waals surface area contributed by atoms with E-state index in [0.29, 0.717) is 18.7 Å². The SMILES string of the molecule is CNC1CCN(S(=O)(=O)c2ccccc2C(=O)c2ccccc2)C1.Cl. The van der Waals surface area contributed by atoms with E-state index in [2.05, 4.69) is 5.32 Å². The van der Waals surface area contributed by atoms with Gasteiger partial charge in [0.2, 0.25) is 10.0 Å². The van der Waals surface area contributed by atoms with Crippen molar-refractivity contribution < 1.29 is 13.2 Å². The van der Waals surface area contributed by atoms with Crippen LogP contribution in [0, 0.1) is 0 Å². The van der Waals surface area contributed by atoms with Crippen molar-refractivity contribution in [1.29, 1.82) is 0 Å². The predicted octanol–water partition coefficient (Wildman–Crippen LogP) is 2.32. The number of carbonyl (C=O) groups is 1. The number of hydrogen-bond acceptors (Lipinski definition) is 4. The molecule has 2 aromatic carbocycles. The van der Waals surface area contributed by atoms with E-state index < -0.39 is 10.0 Å². The Morgan fingerprint density at radius 3 is 2.36 bits per heavy atom. The number of nitrogens with one attached hydrogen (secondary N) is 1. The van der Waals surface area contributed by atoms with Gasteiger partial charge in [-0.15, -0.1) is 12.4 Å². The maximum Gasteiger partial charge on any atom is 0.243 e. The van der Waals surface area contributed by atoms with Crippen LogP contribution in [0.25, 0.3) is 0 Å². The fourth-order valence-corrected chi connectivity index (χ4v) is 4.63. The summed E-state index contributed by atoms with van der Waals surface area (Å²) in [5.74, 6) is -0.279. The van der Waals surface area contributed by atoms with Crippen LogP contribution in [0.1, 0.15) is 22.3 Å². The molecule has 5 nitrogen and oxygen atoms in total. The molecule has 0 aliphatic carbocycles. The van der Waals surface area contributed by atoms with Gasteiger partial charge in [-0.3, -0.25) is 4.79 Å². The lowest BCUT2D eigenvalue weighted by Gasteiger charge is -2.18. The molecular formula is C18H21ClN2O3S. The van der Waals surface area contributed by atoms with Crippen LogP contribution < -0.4 is 5.32 Å². The first kappa shape index (κ1) is 19.6. The van der Waals surface area contributed by atoms with Gasteiger partial charge in [0.05, 0.1) is 4.90 Å². The molecule has 1 N–H and O–H groups in total. The van der Waals surface area contributed by atoms with Crippen molar-refractivity contribution in [2.75, 3.05) is 20.1 Å². The van der Waals surface area contributed by atoms with Gasteiger partial charge in [0, 0.05) is 30.3 Å². The van der Waals surface area contributed by atoms with Crippen molar-refractivity contribution in [1.82, 2.24) is 9.62 Å². The Bertz CT molecular complexity index is 840. The molecule has 134 valence electrons. The third kappa shape index (κ3) is 3.93. The first-order chi connectivity index (χ1) is 11.5. The molecule has 0 aromatic heterocycles. The van der Waals surface area contributed by atoms with Gasteiger partial charge in [0.15, 0.2) is 5.78 Å². The molecule has 1 unspecified atom stereocenters. The number of nitrogens with zero attached hydrogens (tertiary/aromatic N) is 1. The molecule has 1 heterocycles. The second kappa shape index (κ2) is 8.10. The van der Waals surface area contributed by atoms with Crippen LogP contribution in [0.2, 0.25) is 0 Å². The zero-order valence-electron chi connectivity index (χ0n) is 13.9. The van der Waals surface area contributed by atoms with E-state index in [-0.39, 0.29) is 34.7 Å². The number of rotatable bonds is 5. The highest BCUT2D eigenvalue weighted by molar-refractivity contribution is 7.89. The first-order valence-corrected chi connectivity index (χ1v) is 9.34. The maximum absolute atomic E-state index is 13.0. The number of ketones is 1. The molecule has 0 bridgehead atoms. The van der Waals surface area contributed by atoms with Crippen LogP contribution >= 0.6 is 12.4 Å². The van der Waals surface area contributed by atoms with Crippen molar-refractivity contribution in [2.24, 2.45) is 0 Å². The van der Waals surface area contributed by atoms with Crippen molar-refractivity contribution in [2.45, 2.75) is 17.4 Å². The Hall–Kier alpha value is -1.73. The van der Waals surface area contributed by atoms with Gasteiger partial charge in [-0.2, -0.15) is 4.31 Å². The van der Waals surface area contributed by atoms with E-state index in [1.54, 1.807) is 42.5 Å². The molecule has 0 radical (unpaired) electrons. The standard InChI is InChI=1S/C18H20N2O3S.ClH/c1-19-15-11-12-20(13-15)24(22,23)17-10-6-5-9-16(17)18(21)14-7-3-2-4-8-14;/h2-10,15,19H,11-13H2,1H3;1H. The number of hydrogen-bond donors (Lipinski definition) is 1. The van der Waals surface area contributed by atoms with Crippen LogP contribution in [0.3, 0.4) is 0 Å². The highest BCUT2D eigenvalue weighted by atomic mass is 35.5. The quantitative estimate of drug-likeness (QED) is 0.808. The lowest BCUT2D eigenvalue weighted by molar-refractivity contribution is 0.103. The summed E-state index contributed by atoms with van der Waals surface area (Å²) in [7, 11) is -1.87. The van der Waals surface area contributed by atoms with Crippen molar-refractivity contribution in [3.63, 3.8) is 0 Å². The fraction of sp³-hybridized carbons (Fsp3) is 0.278. The average molecular weight is 381 g/mol. The predicted molar refractivity (Wildman–Crippen MR) is 99.8 cm³/mol. The van der Waals surface area contributed by atoms with Crippen LogP contribution in [0.15, 0.2) is 59.5 Å². The van der Waals surface area contributed by atoms with E-state index in [4.69, 9.17) is 0 Å². The van der Waals surface area contributed by atoms with Crippen LogP contribution in [-0.2, 0) is 10.0 Å². The topological polar surface area (TPSA) is 66.5 Å². The molecular weight excluding hydrogens is 360 g/mol.